The van der Waals surface area contributed by atoms with E-state index in [-0.39, 0.29) is 43.8 Å². The van der Waals surface area contributed by atoms with Crippen molar-refractivity contribution in [1.29, 1.82) is 0 Å². The quantitative estimate of drug-likeness (QED) is 0.389. The Kier molecular flexibility index (Phi) is 10.2. The topological polar surface area (TPSA) is 105 Å². The largest absolute Gasteiger partial charge is 0.486 e. The molecule has 1 N–H and O–H groups in total. The number of sulfonamides is 1. The molecule has 1 atom stereocenters. The molecule has 2 amide bonds. The molecule has 0 radical (unpaired) electrons. The van der Waals surface area contributed by atoms with Crippen molar-refractivity contribution in [2.24, 2.45) is 0 Å². The standard InChI is InChI=1S/C29H38ClN3O6S/c1-3-25(29(35)31-23-7-4-5-8-23)32(20-21-10-12-22(30)13-11-21)28(34)9-6-16-33(40(2,36)37)24-14-15-26-27(19-24)39-18-17-38-26/h10-15,19,23,25H,3-9,16-18,20H2,1-2H3,(H,31,35)/t25-/m1/s1. The Morgan fingerprint density at radius 2 is 1.73 bits per heavy atom. The van der Waals surface area contributed by atoms with Gasteiger partial charge in [0.15, 0.2) is 11.5 Å². The third-order valence-electron chi connectivity index (χ3n) is 7.32. The number of nitrogens with one attached hydrogen (secondary N) is 1. The zero-order chi connectivity index (χ0) is 28.7. The highest BCUT2D eigenvalue weighted by Crippen LogP contribution is 2.35. The van der Waals surface area contributed by atoms with Crippen LogP contribution in [-0.4, -0.2) is 63.2 Å². The highest BCUT2D eigenvalue weighted by Gasteiger charge is 2.31. The molecule has 1 fully saturated rings. The van der Waals surface area contributed by atoms with Crippen molar-refractivity contribution >= 4 is 39.1 Å². The molecule has 1 aliphatic carbocycles. The average Bonchev–Trinajstić information content (AvgIpc) is 3.44. The summed E-state index contributed by atoms with van der Waals surface area (Å²) in [4.78, 5) is 28.5. The SMILES string of the molecule is CC[C@H](C(=O)NC1CCCC1)N(Cc1ccc(Cl)cc1)C(=O)CCCN(c1ccc2c(c1)OCCO2)S(C)(=O)=O. The van der Waals surface area contributed by atoms with E-state index in [0.717, 1.165) is 37.5 Å². The normalized spacial score (nSPS) is 15.9. The van der Waals surface area contributed by atoms with Crippen molar-refractivity contribution in [2.75, 3.05) is 30.3 Å². The van der Waals surface area contributed by atoms with Crippen LogP contribution in [0.5, 0.6) is 11.5 Å². The second-order valence-corrected chi connectivity index (χ2v) is 12.7. The lowest BCUT2D eigenvalue weighted by Gasteiger charge is -2.32. The molecule has 2 aromatic carbocycles. The van der Waals surface area contributed by atoms with Crippen molar-refractivity contribution in [1.82, 2.24) is 10.2 Å². The molecule has 0 saturated heterocycles. The molecule has 0 spiro atoms. The molecule has 2 aromatic rings. The van der Waals surface area contributed by atoms with Crippen molar-refractivity contribution in [2.45, 2.75) is 70.5 Å². The van der Waals surface area contributed by atoms with Crippen LogP contribution in [0.1, 0.15) is 57.4 Å². The van der Waals surface area contributed by atoms with E-state index in [1.807, 2.05) is 19.1 Å². The molecular formula is C29H38ClN3O6S. The molecule has 218 valence electrons. The molecule has 1 heterocycles. The van der Waals surface area contributed by atoms with E-state index in [4.69, 9.17) is 21.1 Å². The van der Waals surface area contributed by atoms with Gasteiger partial charge in [-0.05, 0) is 55.5 Å². The lowest BCUT2D eigenvalue weighted by molar-refractivity contribution is -0.141. The maximum absolute atomic E-state index is 13.6. The Hall–Kier alpha value is -2.98. The van der Waals surface area contributed by atoms with Crippen LogP contribution in [0.4, 0.5) is 5.69 Å². The summed E-state index contributed by atoms with van der Waals surface area (Å²) in [6, 6.07) is 11.7. The van der Waals surface area contributed by atoms with Gasteiger partial charge in [-0.3, -0.25) is 13.9 Å². The van der Waals surface area contributed by atoms with Crippen molar-refractivity contribution in [3.63, 3.8) is 0 Å². The summed E-state index contributed by atoms with van der Waals surface area (Å²) < 4.78 is 37.8. The number of hydrogen-bond acceptors (Lipinski definition) is 6. The minimum absolute atomic E-state index is 0.0807. The van der Waals surface area contributed by atoms with Gasteiger partial charge in [0.1, 0.15) is 19.3 Å². The first-order valence-corrected chi connectivity index (χ1v) is 16.1. The second kappa shape index (κ2) is 13.6. The number of benzene rings is 2. The number of nitrogens with zero attached hydrogens (tertiary/aromatic N) is 2. The minimum atomic E-state index is -3.63. The fourth-order valence-corrected chi connectivity index (χ4v) is 6.35. The maximum atomic E-state index is 13.6. The third kappa shape index (κ3) is 7.81. The van der Waals surface area contributed by atoms with Crippen LogP contribution in [0.2, 0.25) is 5.02 Å². The first-order valence-electron chi connectivity index (χ1n) is 13.9. The number of amides is 2. The van der Waals surface area contributed by atoms with Gasteiger partial charge in [-0.25, -0.2) is 8.42 Å². The minimum Gasteiger partial charge on any atom is -0.486 e. The van der Waals surface area contributed by atoms with Crippen LogP contribution in [0, 0.1) is 0 Å². The van der Waals surface area contributed by atoms with Crippen LogP contribution in [0.3, 0.4) is 0 Å². The summed E-state index contributed by atoms with van der Waals surface area (Å²) in [5, 5.41) is 3.73. The molecule has 0 bridgehead atoms. The summed E-state index contributed by atoms with van der Waals surface area (Å²) in [6.45, 7) is 3.08. The van der Waals surface area contributed by atoms with E-state index < -0.39 is 16.1 Å². The molecule has 9 nitrogen and oxygen atoms in total. The zero-order valence-electron chi connectivity index (χ0n) is 23.1. The van der Waals surface area contributed by atoms with Crippen LogP contribution in [-0.2, 0) is 26.2 Å². The summed E-state index contributed by atoms with van der Waals surface area (Å²) >= 11 is 6.06. The fraction of sp³-hybridized carbons (Fsp3) is 0.517. The van der Waals surface area contributed by atoms with Gasteiger partial charge in [0.05, 0.1) is 11.9 Å². The summed E-state index contributed by atoms with van der Waals surface area (Å²) in [5.74, 6) is 0.699. The first-order chi connectivity index (χ1) is 19.2. The van der Waals surface area contributed by atoms with E-state index in [1.54, 1.807) is 35.2 Å². The predicted molar refractivity (Wildman–Crippen MR) is 155 cm³/mol. The number of fused-ring (bicyclic) bond motifs is 1. The Balaban J connectivity index is 1.48. The Morgan fingerprint density at radius 3 is 2.38 bits per heavy atom. The Bertz CT molecular complexity index is 1280. The highest BCUT2D eigenvalue weighted by atomic mass is 35.5. The van der Waals surface area contributed by atoms with Gasteiger partial charge >= 0.3 is 0 Å². The number of carbonyl (C=O) groups is 2. The van der Waals surface area contributed by atoms with Gasteiger partial charge in [-0.1, -0.05) is 43.5 Å². The van der Waals surface area contributed by atoms with Crippen molar-refractivity contribution in [3.05, 3.63) is 53.1 Å². The van der Waals surface area contributed by atoms with Gasteiger partial charge in [0.2, 0.25) is 21.8 Å². The Labute approximate surface area is 241 Å². The number of anilines is 1. The van der Waals surface area contributed by atoms with E-state index in [2.05, 4.69) is 5.32 Å². The highest BCUT2D eigenvalue weighted by molar-refractivity contribution is 7.92. The zero-order valence-corrected chi connectivity index (χ0v) is 24.7. The first kappa shape index (κ1) is 30.0. The maximum Gasteiger partial charge on any atom is 0.243 e. The van der Waals surface area contributed by atoms with Crippen molar-refractivity contribution < 1.29 is 27.5 Å². The van der Waals surface area contributed by atoms with Gasteiger partial charge in [-0.15, -0.1) is 0 Å². The smallest absolute Gasteiger partial charge is 0.243 e. The number of hydrogen-bond donors (Lipinski definition) is 1. The van der Waals surface area contributed by atoms with E-state index in [1.165, 1.54) is 4.31 Å². The van der Waals surface area contributed by atoms with Gasteiger partial charge in [0.25, 0.3) is 0 Å². The molecule has 40 heavy (non-hydrogen) atoms. The fourth-order valence-electron chi connectivity index (χ4n) is 5.26. The van der Waals surface area contributed by atoms with Crippen LogP contribution in [0.25, 0.3) is 0 Å². The molecule has 1 aliphatic heterocycles. The van der Waals surface area contributed by atoms with E-state index >= 15 is 0 Å². The molecular weight excluding hydrogens is 554 g/mol. The third-order valence-corrected chi connectivity index (χ3v) is 8.77. The second-order valence-electron chi connectivity index (χ2n) is 10.3. The Morgan fingerprint density at radius 1 is 1.05 bits per heavy atom. The summed E-state index contributed by atoms with van der Waals surface area (Å²) in [7, 11) is -3.63. The van der Waals surface area contributed by atoms with Gasteiger partial charge in [0, 0.05) is 36.6 Å². The molecule has 1 saturated carbocycles. The summed E-state index contributed by atoms with van der Waals surface area (Å²) in [6.07, 6.45) is 6.05. The van der Waals surface area contributed by atoms with Gasteiger partial charge in [-0.2, -0.15) is 0 Å². The van der Waals surface area contributed by atoms with E-state index in [0.29, 0.717) is 41.8 Å². The lowest BCUT2D eigenvalue weighted by Crippen LogP contribution is -2.51. The monoisotopic (exact) mass is 591 g/mol. The molecule has 0 aromatic heterocycles. The predicted octanol–water partition coefficient (Wildman–Crippen LogP) is 4.52. The molecule has 11 heteroatoms. The van der Waals surface area contributed by atoms with Crippen LogP contribution < -0.4 is 19.1 Å². The average molecular weight is 592 g/mol. The number of halogens is 1. The van der Waals surface area contributed by atoms with Gasteiger partial charge < -0.3 is 19.7 Å². The lowest BCUT2D eigenvalue weighted by atomic mass is 10.1. The molecule has 4 rings (SSSR count). The number of rotatable bonds is 12. The number of carbonyl (C=O) groups excluding carboxylic acids is 2. The molecule has 2 aliphatic rings. The van der Waals surface area contributed by atoms with E-state index in [9.17, 15) is 18.0 Å². The van der Waals surface area contributed by atoms with Crippen molar-refractivity contribution in [3.8, 4) is 11.5 Å². The molecule has 0 unspecified atom stereocenters. The van der Waals surface area contributed by atoms with Crippen LogP contribution in [0.15, 0.2) is 42.5 Å². The summed E-state index contributed by atoms with van der Waals surface area (Å²) in [5.41, 5.74) is 1.30. The number of ether oxygens (including phenoxy) is 2. The van der Waals surface area contributed by atoms with Crippen LogP contribution >= 0.6 is 11.6 Å².